The van der Waals surface area contributed by atoms with Crippen molar-refractivity contribution in [1.82, 2.24) is 5.16 Å². The zero-order valence-electron chi connectivity index (χ0n) is 8.96. The molecular formula is C11H8BrF3N2O. The summed E-state index contributed by atoms with van der Waals surface area (Å²) in [5, 5.41) is 6.15. The number of rotatable bonds is 3. The summed E-state index contributed by atoms with van der Waals surface area (Å²) in [5.74, 6) is 0.464. The van der Waals surface area contributed by atoms with Gasteiger partial charge in [0.05, 0.1) is 18.3 Å². The molecule has 0 atom stereocenters. The monoisotopic (exact) mass is 320 g/mol. The van der Waals surface area contributed by atoms with E-state index in [2.05, 4.69) is 26.4 Å². The Morgan fingerprint density at radius 2 is 2.06 bits per heavy atom. The fraction of sp³-hybridized carbons (Fsp3) is 0.182. The van der Waals surface area contributed by atoms with Gasteiger partial charge in [0.25, 0.3) is 0 Å². The first-order valence-corrected chi connectivity index (χ1v) is 5.76. The van der Waals surface area contributed by atoms with Crippen LogP contribution in [-0.2, 0) is 12.7 Å². The van der Waals surface area contributed by atoms with Gasteiger partial charge in [0.15, 0.2) is 5.76 Å². The van der Waals surface area contributed by atoms with Crippen LogP contribution in [0, 0.1) is 0 Å². The molecule has 0 aliphatic carbocycles. The van der Waals surface area contributed by atoms with Crippen LogP contribution in [-0.4, -0.2) is 5.16 Å². The highest BCUT2D eigenvalue weighted by Crippen LogP contribution is 2.36. The van der Waals surface area contributed by atoms with Gasteiger partial charge in [0.2, 0.25) is 0 Å². The molecule has 7 heteroatoms. The summed E-state index contributed by atoms with van der Waals surface area (Å²) in [4.78, 5) is 0. The van der Waals surface area contributed by atoms with Crippen molar-refractivity contribution in [3.63, 3.8) is 0 Å². The van der Waals surface area contributed by atoms with E-state index >= 15 is 0 Å². The molecular weight excluding hydrogens is 313 g/mol. The third-order valence-electron chi connectivity index (χ3n) is 2.23. The molecule has 0 spiro atoms. The lowest BCUT2D eigenvalue weighted by Gasteiger charge is -2.14. The van der Waals surface area contributed by atoms with Gasteiger partial charge >= 0.3 is 6.18 Å². The molecule has 1 heterocycles. The highest BCUT2D eigenvalue weighted by molar-refractivity contribution is 9.10. The number of alkyl halides is 3. The van der Waals surface area contributed by atoms with Crippen molar-refractivity contribution in [2.75, 3.05) is 5.32 Å². The molecule has 1 aromatic heterocycles. The summed E-state index contributed by atoms with van der Waals surface area (Å²) in [7, 11) is 0. The number of nitrogens with one attached hydrogen (secondary N) is 1. The van der Waals surface area contributed by atoms with Crippen molar-refractivity contribution >= 4 is 21.6 Å². The number of benzene rings is 1. The van der Waals surface area contributed by atoms with Crippen molar-refractivity contribution in [1.29, 1.82) is 0 Å². The zero-order chi connectivity index (χ0) is 13.2. The molecule has 96 valence electrons. The third kappa shape index (κ3) is 3.04. The van der Waals surface area contributed by atoms with Crippen LogP contribution in [0.1, 0.15) is 11.3 Å². The van der Waals surface area contributed by atoms with Gasteiger partial charge in [-0.15, -0.1) is 0 Å². The van der Waals surface area contributed by atoms with E-state index in [1.54, 1.807) is 6.07 Å². The Balaban J connectivity index is 2.22. The number of hydrogen-bond acceptors (Lipinski definition) is 3. The number of halogens is 4. The first-order valence-electron chi connectivity index (χ1n) is 4.97. The number of aromatic nitrogens is 1. The highest BCUT2D eigenvalue weighted by atomic mass is 79.9. The molecule has 0 bridgehead atoms. The molecule has 0 saturated heterocycles. The van der Waals surface area contributed by atoms with Gasteiger partial charge < -0.3 is 9.84 Å². The minimum atomic E-state index is -4.41. The lowest BCUT2D eigenvalue weighted by molar-refractivity contribution is -0.137. The van der Waals surface area contributed by atoms with Crippen LogP contribution >= 0.6 is 15.9 Å². The molecule has 0 unspecified atom stereocenters. The maximum absolute atomic E-state index is 12.8. The second kappa shape index (κ2) is 5.01. The molecule has 0 fully saturated rings. The molecule has 0 aliphatic rings. The molecule has 2 aromatic rings. The molecule has 2 rings (SSSR count). The lowest BCUT2D eigenvalue weighted by atomic mass is 10.1. The van der Waals surface area contributed by atoms with Crippen LogP contribution in [0.4, 0.5) is 18.9 Å². The molecule has 1 N–H and O–H groups in total. The zero-order valence-corrected chi connectivity index (χ0v) is 10.5. The largest absolute Gasteiger partial charge is 0.418 e. The summed E-state index contributed by atoms with van der Waals surface area (Å²) >= 11 is 3.02. The minimum Gasteiger partial charge on any atom is -0.377 e. The third-order valence-corrected chi connectivity index (χ3v) is 2.72. The SMILES string of the molecule is FC(F)(F)c1cc(Br)ccc1NCc1ccno1. The summed E-state index contributed by atoms with van der Waals surface area (Å²) < 4.78 is 43.6. The molecule has 1 aromatic carbocycles. The Hall–Kier alpha value is -1.50. The van der Waals surface area contributed by atoms with E-state index in [4.69, 9.17) is 4.52 Å². The van der Waals surface area contributed by atoms with E-state index in [1.807, 2.05) is 0 Å². The quantitative estimate of drug-likeness (QED) is 0.926. The van der Waals surface area contributed by atoms with Crippen molar-refractivity contribution in [2.45, 2.75) is 12.7 Å². The normalized spacial score (nSPS) is 11.6. The maximum Gasteiger partial charge on any atom is 0.418 e. The van der Waals surface area contributed by atoms with E-state index in [9.17, 15) is 13.2 Å². The smallest absolute Gasteiger partial charge is 0.377 e. The van der Waals surface area contributed by atoms with Crippen molar-refractivity contribution in [3.8, 4) is 0 Å². The van der Waals surface area contributed by atoms with Crippen LogP contribution < -0.4 is 5.32 Å². The van der Waals surface area contributed by atoms with Crippen molar-refractivity contribution in [2.24, 2.45) is 0 Å². The van der Waals surface area contributed by atoms with E-state index in [-0.39, 0.29) is 12.2 Å². The number of nitrogens with zero attached hydrogens (tertiary/aromatic N) is 1. The fourth-order valence-corrected chi connectivity index (χ4v) is 1.78. The molecule has 0 saturated carbocycles. The lowest BCUT2D eigenvalue weighted by Crippen LogP contribution is -2.10. The van der Waals surface area contributed by atoms with Gasteiger partial charge in [-0.1, -0.05) is 21.1 Å². The van der Waals surface area contributed by atoms with E-state index in [1.165, 1.54) is 18.3 Å². The van der Waals surface area contributed by atoms with Crippen molar-refractivity contribution in [3.05, 3.63) is 46.3 Å². The Labute approximate surface area is 109 Å². The molecule has 18 heavy (non-hydrogen) atoms. The Bertz CT molecular complexity index is 526. The second-order valence-corrected chi connectivity index (χ2v) is 4.44. The Kier molecular flexibility index (Phi) is 3.60. The number of hydrogen-bond donors (Lipinski definition) is 1. The van der Waals surface area contributed by atoms with E-state index in [0.29, 0.717) is 10.2 Å². The van der Waals surface area contributed by atoms with E-state index < -0.39 is 11.7 Å². The summed E-state index contributed by atoms with van der Waals surface area (Å²) in [6.07, 6.45) is -2.98. The predicted octanol–water partition coefficient (Wildman–Crippen LogP) is 4.07. The molecule has 0 radical (unpaired) electrons. The average molecular weight is 321 g/mol. The van der Waals surface area contributed by atoms with Gasteiger partial charge in [-0.25, -0.2) is 0 Å². The maximum atomic E-state index is 12.8. The van der Waals surface area contributed by atoms with Gasteiger partial charge in [-0.3, -0.25) is 0 Å². The van der Waals surface area contributed by atoms with Gasteiger partial charge in [0.1, 0.15) is 0 Å². The van der Waals surface area contributed by atoms with Gasteiger partial charge in [-0.2, -0.15) is 13.2 Å². The summed E-state index contributed by atoms with van der Waals surface area (Å²) in [5.41, 5.74) is -0.724. The standard InChI is InChI=1S/C11H8BrF3N2O/c12-7-1-2-10(9(5-7)11(13,14)15)16-6-8-3-4-17-18-8/h1-5,16H,6H2. The Morgan fingerprint density at radius 3 is 2.67 bits per heavy atom. The van der Waals surface area contributed by atoms with Crippen molar-refractivity contribution < 1.29 is 17.7 Å². The van der Waals surface area contributed by atoms with Gasteiger partial charge in [0, 0.05) is 16.2 Å². The van der Waals surface area contributed by atoms with E-state index in [0.717, 1.165) is 6.07 Å². The fourth-order valence-electron chi connectivity index (χ4n) is 1.42. The van der Waals surface area contributed by atoms with Gasteiger partial charge in [-0.05, 0) is 18.2 Å². The van der Waals surface area contributed by atoms with Crippen LogP contribution in [0.25, 0.3) is 0 Å². The minimum absolute atomic E-state index is 0.00194. The summed E-state index contributed by atoms with van der Waals surface area (Å²) in [6.45, 7) is 0.144. The highest BCUT2D eigenvalue weighted by Gasteiger charge is 2.33. The predicted molar refractivity (Wildman–Crippen MR) is 63.0 cm³/mol. The average Bonchev–Trinajstić information content (AvgIpc) is 2.79. The summed E-state index contributed by atoms with van der Waals surface area (Å²) in [6, 6.07) is 5.52. The van der Waals surface area contributed by atoms with Crippen LogP contribution in [0.5, 0.6) is 0 Å². The number of anilines is 1. The van der Waals surface area contributed by atoms with Crippen LogP contribution in [0.2, 0.25) is 0 Å². The molecule has 0 amide bonds. The first-order chi connectivity index (χ1) is 8.47. The molecule has 0 aliphatic heterocycles. The van der Waals surface area contributed by atoms with Crippen LogP contribution in [0.15, 0.2) is 39.5 Å². The van der Waals surface area contributed by atoms with Crippen LogP contribution in [0.3, 0.4) is 0 Å². The second-order valence-electron chi connectivity index (χ2n) is 3.52. The molecule has 3 nitrogen and oxygen atoms in total. The Morgan fingerprint density at radius 1 is 1.28 bits per heavy atom. The first kappa shape index (κ1) is 12.9. The topological polar surface area (TPSA) is 38.1 Å².